The molecule has 2 aliphatic heterocycles. The zero-order valence-electron chi connectivity index (χ0n) is 18.4. The van der Waals surface area contributed by atoms with Gasteiger partial charge in [-0.15, -0.1) is 21.5 Å². The molecule has 4 rings (SSSR count). The van der Waals surface area contributed by atoms with Gasteiger partial charge in [-0.2, -0.15) is 4.31 Å². The maximum absolute atomic E-state index is 13.0. The van der Waals surface area contributed by atoms with Gasteiger partial charge in [0.2, 0.25) is 5.91 Å². The minimum atomic E-state index is -3.54. The quantitative estimate of drug-likeness (QED) is 0.679. The zero-order valence-corrected chi connectivity index (χ0v) is 20.0. The first-order chi connectivity index (χ1) is 15.4. The van der Waals surface area contributed by atoms with Crippen LogP contribution in [0.15, 0.2) is 28.5 Å². The highest BCUT2D eigenvalue weighted by molar-refractivity contribution is 7.91. The molecule has 32 heavy (non-hydrogen) atoms. The Kier molecular flexibility index (Phi) is 7.27. The molecule has 1 N–H and O–H groups in total. The molecular formula is C21H30N6O3S2. The highest BCUT2D eigenvalue weighted by atomic mass is 32.2. The second-order valence-corrected chi connectivity index (χ2v) is 11.5. The predicted molar refractivity (Wildman–Crippen MR) is 126 cm³/mol. The van der Waals surface area contributed by atoms with Gasteiger partial charge in [-0.25, -0.2) is 8.42 Å². The summed E-state index contributed by atoms with van der Waals surface area (Å²) < 4.78 is 27.9. The van der Waals surface area contributed by atoms with Gasteiger partial charge in [-0.1, -0.05) is 12.8 Å². The van der Waals surface area contributed by atoms with Gasteiger partial charge in [0.05, 0.1) is 6.54 Å². The summed E-state index contributed by atoms with van der Waals surface area (Å²) in [5.41, 5.74) is 0. The van der Waals surface area contributed by atoms with Crippen molar-refractivity contribution >= 4 is 38.9 Å². The van der Waals surface area contributed by atoms with Gasteiger partial charge in [0.1, 0.15) is 4.21 Å². The second-order valence-electron chi connectivity index (χ2n) is 8.17. The number of amides is 1. The summed E-state index contributed by atoms with van der Waals surface area (Å²) in [6, 6.07) is 7.39. The standard InChI is InChI=1S/C21H30N6O3S2/c1-17(28)22-16-18-6-9-21(31-18)32(29,30)27-14-12-26(13-15-27)20-8-7-19(23-24-20)25-10-4-2-3-5-11-25/h6-9H,2-5,10-16H2,1H3,(H,22,28). The molecule has 0 spiro atoms. The molecule has 4 heterocycles. The Hall–Kier alpha value is -2.24. The van der Waals surface area contributed by atoms with Gasteiger partial charge in [0.25, 0.3) is 10.0 Å². The number of rotatable bonds is 6. The van der Waals surface area contributed by atoms with Gasteiger partial charge >= 0.3 is 0 Å². The first-order valence-electron chi connectivity index (χ1n) is 11.1. The maximum Gasteiger partial charge on any atom is 0.252 e. The minimum Gasteiger partial charge on any atom is -0.355 e. The average Bonchev–Trinajstić information content (AvgIpc) is 3.13. The monoisotopic (exact) mass is 478 g/mol. The van der Waals surface area contributed by atoms with Gasteiger partial charge < -0.3 is 15.1 Å². The summed E-state index contributed by atoms with van der Waals surface area (Å²) in [4.78, 5) is 16.3. The molecule has 0 aliphatic carbocycles. The minimum absolute atomic E-state index is 0.138. The summed E-state index contributed by atoms with van der Waals surface area (Å²) in [6.45, 7) is 5.78. The van der Waals surface area contributed by atoms with E-state index in [-0.39, 0.29) is 5.91 Å². The Morgan fingerprint density at radius 1 is 0.906 bits per heavy atom. The molecule has 11 heteroatoms. The number of hydrogen-bond acceptors (Lipinski definition) is 8. The zero-order chi connectivity index (χ0) is 22.6. The lowest BCUT2D eigenvalue weighted by atomic mass is 10.2. The molecule has 0 bridgehead atoms. The van der Waals surface area contributed by atoms with Crippen molar-refractivity contribution in [1.29, 1.82) is 0 Å². The van der Waals surface area contributed by atoms with E-state index in [9.17, 15) is 13.2 Å². The van der Waals surface area contributed by atoms with Crippen LogP contribution in [-0.2, 0) is 21.4 Å². The summed E-state index contributed by atoms with van der Waals surface area (Å²) in [7, 11) is -3.54. The van der Waals surface area contributed by atoms with Crippen LogP contribution in [0.1, 0.15) is 37.5 Å². The Balaban J connectivity index is 1.34. The molecule has 0 aromatic carbocycles. The van der Waals surface area contributed by atoms with E-state index < -0.39 is 10.0 Å². The van der Waals surface area contributed by atoms with E-state index in [1.807, 2.05) is 12.1 Å². The van der Waals surface area contributed by atoms with Crippen LogP contribution in [0.2, 0.25) is 0 Å². The van der Waals surface area contributed by atoms with E-state index in [0.29, 0.717) is 36.9 Å². The number of hydrogen-bond donors (Lipinski definition) is 1. The topological polar surface area (TPSA) is 98.7 Å². The van der Waals surface area contributed by atoms with Gasteiger partial charge in [0.15, 0.2) is 11.6 Å². The number of aromatic nitrogens is 2. The van der Waals surface area contributed by atoms with E-state index in [4.69, 9.17) is 0 Å². The first-order valence-corrected chi connectivity index (χ1v) is 13.4. The van der Waals surface area contributed by atoms with Gasteiger partial charge in [-0.05, 0) is 37.1 Å². The van der Waals surface area contributed by atoms with Crippen molar-refractivity contribution in [3.05, 3.63) is 29.1 Å². The molecule has 2 aliphatic rings. The molecule has 2 fully saturated rings. The van der Waals surface area contributed by atoms with Crippen LogP contribution in [0.4, 0.5) is 11.6 Å². The number of nitrogens with zero attached hydrogens (tertiary/aromatic N) is 5. The second kappa shape index (κ2) is 10.1. The van der Waals surface area contributed by atoms with Crippen LogP contribution >= 0.6 is 11.3 Å². The summed E-state index contributed by atoms with van der Waals surface area (Å²) in [5, 5.41) is 11.6. The van der Waals surface area contributed by atoms with E-state index in [1.165, 1.54) is 48.2 Å². The third kappa shape index (κ3) is 5.38. The Morgan fingerprint density at radius 3 is 2.06 bits per heavy atom. The fraction of sp³-hybridized carbons (Fsp3) is 0.571. The molecule has 9 nitrogen and oxygen atoms in total. The molecule has 2 aromatic heterocycles. The van der Waals surface area contributed by atoms with Crippen LogP contribution in [0.25, 0.3) is 0 Å². The highest BCUT2D eigenvalue weighted by Crippen LogP contribution is 2.27. The first kappa shape index (κ1) is 22.9. The number of nitrogens with one attached hydrogen (secondary N) is 1. The van der Waals surface area contributed by atoms with Crippen molar-refractivity contribution in [3.8, 4) is 0 Å². The van der Waals surface area contributed by atoms with Crippen molar-refractivity contribution in [1.82, 2.24) is 19.8 Å². The number of carbonyl (C=O) groups excluding carboxylic acids is 1. The summed E-state index contributed by atoms with van der Waals surface area (Å²) in [5.74, 6) is 1.57. The van der Waals surface area contributed by atoms with Crippen molar-refractivity contribution in [3.63, 3.8) is 0 Å². The molecule has 2 aromatic rings. The SMILES string of the molecule is CC(=O)NCc1ccc(S(=O)(=O)N2CCN(c3ccc(N4CCCCCC4)nn3)CC2)s1. The van der Waals surface area contributed by atoms with Crippen molar-refractivity contribution in [2.45, 2.75) is 43.4 Å². The lowest BCUT2D eigenvalue weighted by Crippen LogP contribution is -2.48. The molecule has 0 atom stereocenters. The van der Waals surface area contributed by atoms with E-state index in [2.05, 4.69) is 25.3 Å². The Bertz CT molecular complexity index is 1010. The number of piperazine rings is 1. The Morgan fingerprint density at radius 2 is 1.50 bits per heavy atom. The average molecular weight is 479 g/mol. The Labute approximate surface area is 193 Å². The largest absolute Gasteiger partial charge is 0.355 e. The van der Waals surface area contributed by atoms with E-state index in [0.717, 1.165) is 29.6 Å². The highest BCUT2D eigenvalue weighted by Gasteiger charge is 2.30. The van der Waals surface area contributed by atoms with Crippen LogP contribution in [0.3, 0.4) is 0 Å². The van der Waals surface area contributed by atoms with Crippen molar-refractivity contribution < 1.29 is 13.2 Å². The molecule has 0 saturated carbocycles. The lowest BCUT2D eigenvalue weighted by molar-refractivity contribution is -0.119. The molecule has 1 amide bonds. The van der Waals surface area contributed by atoms with Crippen LogP contribution in [0.5, 0.6) is 0 Å². The molecule has 0 unspecified atom stereocenters. The third-order valence-electron chi connectivity index (χ3n) is 5.87. The predicted octanol–water partition coefficient (Wildman–Crippen LogP) is 2.07. The molecular weight excluding hydrogens is 448 g/mol. The van der Waals surface area contributed by atoms with Crippen LogP contribution in [-0.4, -0.2) is 68.1 Å². The summed E-state index contributed by atoms with van der Waals surface area (Å²) >= 11 is 1.20. The van der Waals surface area contributed by atoms with Crippen molar-refractivity contribution in [2.75, 3.05) is 49.1 Å². The fourth-order valence-corrected chi connectivity index (χ4v) is 6.92. The third-order valence-corrected chi connectivity index (χ3v) is 9.32. The van der Waals surface area contributed by atoms with Crippen LogP contribution < -0.4 is 15.1 Å². The van der Waals surface area contributed by atoms with Gasteiger partial charge in [-0.3, -0.25) is 4.79 Å². The summed E-state index contributed by atoms with van der Waals surface area (Å²) in [6.07, 6.45) is 4.94. The number of sulfonamides is 1. The lowest BCUT2D eigenvalue weighted by Gasteiger charge is -2.34. The number of anilines is 2. The molecule has 2 saturated heterocycles. The molecule has 174 valence electrons. The fourth-order valence-electron chi connectivity index (χ4n) is 4.04. The smallest absolute Gasteiger partial charge is 0.252 e. The van der Waals surface area contributed by atoms with Crippen molar-refractivity contribution in [2.24, 2.45) is 0 Å². The van der Waals surface area contributed by atoms with Gasteiger partial charge in [0, 0.05) is 51.1 Å². The normalized spacial score (nSPS) is 18.4. The van der Waals surface area contributed by atoms with Crippen LogP contribution in [0, 0.1) is 0 Å². The van der Waals surface area contributed by atoms with E-state index >= 15 is 0 Å². The number of carbonyl (C=O) groups is 1. The molecule has 0 radical (unpaired) electrons. The van der Waals surface area contributed by atoms with E-state index in [1.54, 1.807) is 12.1 Å². The maximum atomic E-state index is 13.0. The number of thiophene rings is 1.